The van der Waals surface area contributed by atoms with E-state index in [1.807, 2.05) is 4.90 Å². The Hall–Kier alpha value is -3.42. The zero-order valence-electron chi connectivity index (χ0n) is 19.9. The van der Waals surface area contributed by atoms with Gasteiger partial charge in [0.1, 0.15) is 29.2 Å². The number of aromatic nitrogens is 3. The molecule has 3 fully saturated rings. The molecule has 1 atom stereocenters. The fraction of sp³-hybridized carbons (Fsp3) is 0.560. The SMILES string of the molecule is CC1CN(c2ncnc3c2C2(CCC2)CN3c2cc(C#N)ccn2)CCN1C(=O)C1(C(F)(F)F)CC1. The van der Waals surface area contributed by atoms with Gasteiger partial charge in [-0.2, -0.15) is 18.4 Å². The molecule has 0 N–H and O–H groups in total. The second-order valence-electron chi connectivity index (χ2n) is 10.5. The van der Waals surface area contributed by atoms with Gasteiger partial charge in [-0.1, -0.05) is 6.42 Å². The van der Waals surface area contributed by atoms with Crippen molar-refractivity contribution in [1.82, 2.24) is 19.9 Å². The van der Waals surface area contributed by atoms with E-state index in [0.29, 0.717) is 31.0 Å². The van der Waals surface area contributed by atoms with Crippen molar-refractivity contribution in [2.45, 2.75) is 56.7 Å². The summed E-state index contributed by atoms with van der Waals surface area (Å²) in [6, 6.07) is 5.20. The largest absolute Gasteiger partial charge is 0.403 e. The Morgan fingerprint density at radius 2 is 1.89 bits per heavy atom. The number of rotatable bonds is 3. The highest BCUT2D eigenvalue weighted by molar-refractivity contribution is 5.87. The van der Waals surface area contributed by atoms with E-state index < -0.39 is 17.5 Å². The Labute approximate surface area is 206 Å². The molecule has 6 rings (SSSR count). The molecule has 4 aliphatic rings. The minimum atomic E-state index is -4.51. The Morgan fingerprint density at radius 3 is 2.50 bits per heavy atom. The average molecular weight is 498 g/mol. The molecule has 11 heteroatoms. The van der Waals surface area contributed by atoms with Crippen LogP contribution in [0.4, 0.5) is 30.6 Å². The maximum Gasteiger partial charge on any atom is 0.403 e. The van der Waals surface area contributed by atoms with Crippen LogP contribution in [0.2, 0.25) is 0 Å². The van der Waals surface area contributed by atoms with Crippen molar-refractivity contribution in [2.75, 3.05) is 36.0 Å². The van der Waals surface area contributed by atoms with Gasteiger partial charge in [0.05, 0.1) is 11.6 Å². The lowest BCUT2D eigenvalue weighted by molar-refractivity contribution is -0.199. The maximum absolute atomic E-state index is 13.6. The van der Waals surface area contributed by atoms with Crippen molar-refractivity contribution in [3.63, 3.8) is 0 Å². The normalized spacial score (nSPS) is 23.8. The minimum absolute atomic E-state index is 0.124. The monoisotopic (exact) mass is 497 g/mol. The first-order valence-electron chi connectivity index (χ1n) is 12.3. The molecule has 0 radical (unpaired) electrons. The molecule has 1 amide bonds. The molecule has 0 bridgehead atoms. The predicted molar refractivity (Wildman–Crippen MR) is 125 cm³/mol. The fourth-order valence-corrected chi connectivity index (χ4v) is 6.05. The first-order chi connectivity index (χ1) is 17.2. The molecule has 2 saturated carbocycles. The zero-order chi connectivity index (χ0) is 25.3. The minimum Gasteiger partial charge on any atom is -0.352 e. The number of hydrogen-bond acceptors (Lipinski definition) is 7. The van der Waals surface area contributed by atoms with Crippen molar-refractivity contribution in [2.24, 2.45) is 5.41 Å². The molecule has 1 saturated heterocycles. The summed E-state index contributed by atoms with van der Waals surface area (Å²) in [4.78, 5) is 32.2. The molecule has 188 valence electrons. The molecule has 8 nitrogen and oxygen atoms in total. The highest BCUT2D eigenvalue weighted by Crippen LogP contribution is 2.59. The fourth-order valence-electron chi connectivity index (χ4n) is 6.05. The molecule has 1 unspecified atom stereocenters. The van der Waals surface area contributed by atoms with Crippen molar-refractivity contribution in [1.29, 1.82) is 5.26 Å². The van der Waals surface area contributed by atoms with Gasteiger partial charge in [0.2, 0.25) is 5.91 Å². The number of pyridine rings is 1. The first kappa shape index (κ1) is 23.0. The topological polar surface area (TPSA) is 89.2 Å². The lowest BCUT2D eigenvalue weighted by Gasteiger charge is -2.44. The number of carbonyl (C=O) groups is 1. The summed E-state index contributed by atoms with van der Waals surface area (Å²) in [5.74, 6) is 1.42. The van der Waals surface area contributed by atoms with Crippen LogP contribution in [-0.4, -0.2) is 64.2 Å². The highest BCUT2D eigenvalue weighted by Gasteiger charge is 2.69. The van der Waals surface area contributed by atoms with Crippen molar-refractivity contribution >= 4 is 23.4 Å². The van der Waals surface area contributed by atoms with E-state index in [2.05, 4.69) is 25.9 Å². The third-order valence-electron chi connectivity index (χ3n) is 8.41. The van der Waals surface area contributed by atoms with E-state index >= 15 is 0 Å². The van der Waals surface area contributed by atoms with Crippen LogP contribution in [-0.2, 0) is 10.2 Å². The number of nitriles is 1. The summed E-state index contributed by atoms with van der Waals surface area (Å²) >= 11 is 0. The van der Waals surface area contributed by atoms with Crippen LogP contribution in [0.15, 0.2) is 24.7 Å². The van der Waals surface area contributed by atoms with Crippen LogP contribution in [0.1, 0.15) is 50.2 Å². The third kappa shape index (κ3) is 3.26. The molecule has 36 heavy (non-hydrogen) atoms. The summed E-state index contributed by atoms with van der Waals surface area (Å²) in [5, 5.41) is 9.34. The molecule has 2 aromatic rings. The van der Waals surface area contributed by atoms with Crippen LogP contribution >= 0.6 is 0 Å². The highest BCUT2D eigenvalue weighted by atomic mass is 19.4. The van der Waals surface area contributed by atoms with Gasteiger partial charge in [0.25, 0.3) is 0 Å². The van der Waals surface area contributed by atoms with Gasteiger partial charge in [-0.15, -0.1) is 0 Å². The van der Waals surface area contributed by atoms with Gasteiger partial charge >= 0.3 is 6.18 Å². The van der Waals surface area contributed by atoms with Gasteiger partial charge in [-0.05, 0) is 44.7 Å². The van der Waals surface area contributed by atoms with E-state index in [0.717, 1.165) is 36.5 Å². The van der Waals surface area contributed by atoms with Crippen molar-refractivity contribution in [3.05, 3.63) is 35.8 Å². The Bertz CT molecular complexity index is 1270. The number of fused-ring (bicyclic) bond motifs is 2. The number of carbonyl (C=O) groups excluding carboxylic acids is 1. The molecule has 4 heterocycles. The van der Waals surface area contributed by atoms with E-state index in [1.54, 1.807) is 25.3 Å². The summed E-state index contributed by atoms with van der Waals surface area (Å²) in [6.07, 6.45) is 1.43. The lowest BCUT2D eigenvalue weighted by atomic mass is 9.66. The van der Waals surface area contributed by atoms with Crippen molar-refractivity contribution in [3.8, 4) is 6.07 Å². The number of hydrogen-bond donors (Lipinski definition) is 0. The summed E-state index contributed by atoms with van der Waals surface area (Å²) < 4.78 is 40.7. The van der Waals surface area contributed by atoms with Gasteiger partial charge in [0.15, 0.2) is 0 Å². The van der Waals surface area contributed by atoms with Crippen LogP contribution in [0, 0.1) is 16.7 Å². The van der Waals surface area contributed by atoms with E-state index in [-0.39, 0.29) is 30.8 Å². The van der Waals surface area contributed by atoms with Gasteiger partial charge in [-0.3, -0.25) is 4.79 Å². The second-order valence-corrected chi connectivity index (χ2v) is 10.5. The molecular weight excluding hydrogens is 471 g/mol. The smallest absolute Gasteiger partial charge is 0.352 e. The maximum atomic E-state index is 13.6. The lowest BCUT2D eigenvalue weighted by Crippen LogP contribution is -2.58. The summed E-state index contributed by atoms with van der Waals surface area (Å²) in [5.41, 5.74) is -0.754. The van der Waals surface area contributed by atoms with Crippen LogP contribution < -0.4 is 9.80 Å². The third-order valence-corrected chi connectivity index (χ3v) is 8.41. The number of alkyl halides is 3. The van der Waals surface area contributed by atoms with Gasteiger partial charge in [-0.25, -0.2) is 15.0 Å². The number of anilines is 3. The van der Waals surface area contributed by atoms with E-state index in [1.165, 1.54) is 11.2 Å². The van der Waals surface area contributed by atoms with Gasteiger partial charge in [0, 0.05) is 49.4 Å². The second kappa shape index (κ2) is 7.79. The van der Waals surface area contributed by atoms with E-state index in [4.69, 9.17) is 0 Å². The van der Waals surface area contributed by atoms with Crippen molar-refractivity contribution < 1.29 is 18.0 Å². The Kier molecular flexibility index (Phi) is 4.98. The quantitative estimate of drug-likeness (QED) is 0.639. The number of halogens is 3. The molecule has 0 aromatic carbocycles. The molecule has 1 spiro atoms. The number of nitrogens with zero attached hydrogens (tertiary/aromatic N) is 7. The predicted octanol–water partition coefficient (Wildman–Crippen LogP) is 3.70. The first-order valence-corrected chi connectivity index (χ1v) is 12.3. The van der Waals surface area contributed by atoms with Gasteiger partial charge < -0.3 is 14.7 Å². The molecule has 2 aromatic heterocycles. The zero-order valence-corrected chi connectivity index (χ0v) is 19.9. The summed E-state index contributed by atoms with van der Waals surface area (Å²) in [6.45, 7) is 3.53. The number of amides is 1. The summed E-state index contributed by atoms with van der Waals surface area (Å²) in [7, 11) is 0. The Morgan fingerprint density at radius 1 is 1.14 bits per heavy atom. The molecule has 2 aliphatic carbocycles. The molecule has 2 aliphatic heterocycles. The Balaban J connectivity index is 1.30. The van der Waals surface area contributed by atoms with Crippen LogP contribution in [0.3, 0.4) is 0 Å². The van der Waals surface area contributed by atoms with Crippen LogP contribution in [0.5, 0.6) is 0 Å². The van der Waals surface area contributed by atoms with Crippen LogP contribution in [0.25, 0.3) is 0 Å². The standard InChI is InChI=1S/C25H26F3N7O/c1-16-13-33(9-10-34(16)22(36)24(6-7-24)25(26,27)28)20-19-21(32-15-31-20)35(14-23(19)4-2-5-23)18-11-17(12-29)3-8-30-18/h3,8,11,15-16H,2,4-7,9-10,13-14H2,1H3. The van der Waals surface area contributed by atoms with E-state index in [9.17, 15) is 23.2 Å². The molecular formula is C25H26F3N7O. The average Bonchev–Trinajstić information content (AvgIpc) is 3.59. The number of piperazine rings is 1.